The Bertz CT molecular complexity index is 1230. The molecule has 0 spiro atoms. The third-order valence-corrected chi connectivity index (χ3v) is 7.03. The number of nitrogens with one attached hydrogen (secondary N) is 2. The van der Waals surface area contributed by atoms with E-state index < -0.39 is 12.7 Å². The first-order valence-corrected chi connectivity index (χ1v) is 11.3. The second-order valence-electron chi connectivity index (χ2n) is 7.12. The smallest absolute Gasteiger partial charge is 0.339 e. The van der Waals surface area contributed by atoms with Crippen molar-refractivity contribution in [1.82, 2.24) is 25.1 Å². The summed E-state index contributed by atoms with van der Waals surface area (Å²) in [7, 11) is 0. The Kier molecular flexibility index (Phi) is 4.83. The molecular formula is C19H17F3N6S2. The van der Waals surface area contributed by atoms with Crippen LogP contribution in [0.25, 0.3) is 21.1 Å². The number of nitrogens with zero attached hydrogens (tertiary/aromatic N) is 4. The van der Waals surface area contributed by atoms with Crippen LogP contribution in [0, 0.1) is 0 Å². The lowest BCUT2D eigenvalue weighted by Crippen LogP contribution is -2.37. The van der Waals surface area contributed by atoms with Gasteiger partial charge in [0.15, 0.2) is 0 Å². The fourth-order valence-electron chi connectivity index (χ4n) is 3.83. The van der Waals surface area contributed by atoms with E-state index >= 15 is 0 Å². The van der Waals surface area contributed by atoms with Gasteiger partial charge in [-0.1, -0.05) is 0 Å². The highest BCUT2D eigenvalue weighted by molar-refractivity contribution is 7.98. The van der Waals surface area contributed by atoms with Crippen molar-refractivity contribution >= 4 is 55.7 Å². The highest BCUT2D eigenvalue weighted by Gasteiger charge is 2.33. The molecule has 0 radical (unpaired) electrons. The molecule has 0 unspecified atom stereocenters. The van der Waals surface area contributed by atoms with E-state index in [0.717, 1.165) is 42.1 Å². The molecule has 0 bridgehead atoms. The van der Waals surface area contributed by atoms with Crippen LogP contribution in [0.4, 0.5) is 24.7 Å². The standard InChI is InChI=1S/C19H17F3N6S2/c1-29-14-5-12-10(6-25-27-12)4-13(14)26-17-16-11-2-3-28(8-19(20,21)22)7-15(11)30-18(16)24-9-23-17/h4-6,9H,2-3,7-8H2,1H3,(H,25,27)(H,23,24,26). The minimum Gasteiger partial charge on any atom is -0.339 e. The fraction of sp³-hybridized carbons (Fsp3) is 0.316. The van der Waals surface area contributed by atoms with Gasteiger partial charge in [0, 0.05) is 28.2 Å². The molecule has 0 amide bonds. The number of halogens is 3. The number of anilines is 2. The lowest BCUT2D eigenvalue weighted by atomic mass is 10.0. The van der Waals surface area contributed by atoms with Crippen molar-refractivity contribution in [2.24, 2.45) is 0 Å². The van der Waals surface area contributed by atoms with Crippen LogP contribution in [0.1, 0.15) is 10.4 Å². The minimum absolute atomic E-state index is 0.284. The van der Waals surface area contributed by atoms with Crippen LogP contribution in [0.3, 0.4) is 0 Å². The van der Waals surface area contributed by atoms with Crippen LogP contribution < -0.4 is 5.32 Å². The highest BCUT2D eigenvalue weighted by atomic mass is 32.2. The maximum Gasteiger partial charge on any atom is 0.401 e. The van der Waals surface area contributed by atoms with E-state index in [2.05, 4.69) is 25.5 Å². The van der Waals surface area contributed by atoms with E-state index in [9.17, 15) is 13.2 Å². The van der Waals surface area contributed by atoms with Gasteiger partial charge in [-0.25, -0.2) is 9.97 Å². The number of thiophene rings is 1. The van der Waals surface area contributed by atoms with E-state index in [-0.39, 0.29) is 6.54 Å². The van der Waals surface area contributed by atoms with E-state index in [1.54, 1.807) is 18.0 Å². The van der Waals surface area contributed by atoms with Crippen molar-refractivity contribution in [3.63, 3.8) is 0 Å². The zero-order valence-corrected chi connectivity index (χ0v) is 17.5. The number of rotatable bonds is 4. The second-order valence-corrected chi connectivity index (χ2v) is 9.05. The third-order valence-electron chi connectivity index (χ3n) is 5.13. The van der Waals surface area contributed by atoms with Crippen molar-refractivity contribution in [1.29, 1.82) is 0 Å². The molecule has 0 saturated carbocycles. The normalized spacial score (nSPS) is 15.1. The van der Waals surface area contributed by atoms with Crippen LogP contribution in [0.5, 0.6) is 0 Å². The maximum atomic E-state index is 12.8. The maximum absolute atomic E-state index is 12.8. The Balaban J connectivity index is 1.52. The molecule has 0 fully saturated rings. The van der Waals surface area contributed by atoms with Crippen LogP contribution >= 0.6 is 23.1 Å². The first-order chi connectivity index (χ1) is 14.4. The highest BCUT2D eigenvalue weighted by Crippen LogP contribution is 2.40. The van der Waals surface area contributed by atoms with Crippen molar-refractivity contribution in [2.45, 2.75) is 24.0 Å². The summed E-state index contributed by atoms with van der Waals surface area (Å²) in [5.41, 5.74) is 2.91. The summed E-state index contributed by atoms with van der Waals surface area (Å²) < 4.78 is 38.4. The summed E-state index contributed by atoms with van der Waals surface area (Å²) in [6.45, 7) is -0.241. The number of alkyl halides is 3. The number of fused-ring (bicyclic) bond motifs is 4. The molecule has 156 valence electrons. The number of thioether (sulfide) groups is 1. The number of aromatic amines is 1. The largest absolute Gasteiger partial charge is 0.401 e. The average molecular weight is 451 g/mol. The Morgan fingerprint density at radius 2 is 2.17 bits per heavy atom. The molecule has 0 saturated heterocycles. The van der Waals surface area contributed by atoms with Gasteiger partial charge in [-0.15, -0.1) is 23.1 Å². The van der Waals surface area contributed by atoms with Crippen molar-refractivity contribution in [2.75, 3.05) is 24.7 Å². The van der Waals surface area contributed by atoms with Gasteiger partial charge in [0.05, 0.1) is 29.3 Å². The monoisotopic (exact) mass is 450 g/mol. The van der Waals surface area contributed by atoms with Gasteiger partial charge in [0.1, 0.15) is 17.0 Å². The molecule has 1 aromatic carbocycles. The number of aromatic nitrogens is 4. The topological polar surface area (TPSA) is 69.7 Å². The molecule has 30 heavy (non-hydrogen) atoms. The quantitative estimate of drug-likeness (QED) is 0.429. The summed E-state index contributed by atoms with van der Waals surface area (Å²) in [6.07, 6.45) is 1.61. The third kappa shape index (κ3) is 3.61. The van der Waals surface area contributed by atoms with Gasteiger partial charge in [-0.3, -0.25) is 10.00 Å². The Labute approximate surface area is 177 Å². The summed E-state index contributed by atoms with van der Waals surface area (Å²) in [4.78, 5) is 13.0. The zero-order chi connectivity index (χ0) is 20.9. The first kappa shape index (κ1) is 19.6. The fourth-order valence-corrected chi connectivity index (χ4v) is 5.62. The van der Waals surface area contributed by atoms with Crippen molar-refractivity contribution in [3.8, 4) is 0 Å². The zero-order valence-electron chi connectivity index (χ0n) is 15.9. The molecule has 0 aliphatic carbocycles. The van der Waals surface area contributed by atoms with E-state index in [1.165, 1.54) is 22.6 Å². The summed E-state index contributed by atoms with van der Waals surface area (Å²) in [5.74, 6) is 0.680. The molecular weight excluding hydrogens is 433 g/mol. The Hall–Kier alpha value is -2.37. The molecule has 4 heterocycles. The summed E-state index contributed by atoms with van der Waals surface area (Å²) in [6, 6.07) is 4.05. The van der Waals surface area contributed by atoms with Gasteiger partial charge in [-0.05, 0) is 30.4 Å². The van der Waals surface area contributed by atoms with Crippen LogP contribution in [-0.4, -0.2) is 50.6 Å². The van der Waals surface area contributed by atoms with Gasteiger partial charge in [-0.2, -0.15) is 18.3 Å². The van der Waals surface area contributed by atoms with Gasteiger partial charge >= 0.3 is 6.18 Å². The predicted molar refractivity (Wildman–Crippen MR) is 114 cm³/mol. The number of hydrogen-bond acceptors (Lipinski definition) is 7. The Morgan fingerprint density at radius 3 is 2.97 bits per heavy atom. The summed E-state index contributed by atoms with van der Waals surface area (Å²) in [5, 5.41) is 12.4. The van der Waals surface area contributed by atoms with Gasteiger partial charge in [0.25, 0.3) is 0 Å². The predicted octanol–water partition coefficient (Wildman–Crippen LogP) is 4.95. The van der Waals surface area contributed by atoms with Gasteiger partial charge < -0.3 is 5.32 Å². The van der Waals surface area contributed by atoms with Crippen LogP contribution in [0.15, 0.2) is 29.6 Å². The molecule has 3 aromatic heterocycles. The average Bonchev–Trinajstić information content (AvgIpc) is 3.29. The van der Waals surface area contributed by atoms with E-state index in [4.69, 9.17) is 0 Å². The SMILES string of the molecule is CSc1cc2[nH]ncc2cc1Nc1ncnc2sc3c(c12)CCN(CC(F)(F)F)C3. The lowest BCUT2D eigenvalue weighted by Gasteiger charge is -2.27. The van der Waals surface area contributed by atoms with E-state index in [0.29, 0.717) is 18.8 Å². The molecule has 1 aliphatic rings. The number of H-pyrrole nitrogens is 1. The molecule has 0 atom stereocenters. The molecule has 11 heteroatoms. The molecule has 2 N–H and O–H groups in total. The first-order valence-electron chi connectivity index (χ1n) is 9.24. The van der Waals surface area contributed by atoms with Crippen LogP contribution in [-0.2, 0) is 13.0 Å². The molecule has 1 aliphatic heterocycles. The van der Waals surface area contributed by atoms with Crippen molar-refractivity contribution < 1.29 is 13.2 Å². The Morgan fingerprint density at radius 1 is 1.30 bits per heavy atom. The van der Waals surface area contributed by atoms with E-state index in [1.807, 2.05) is 18.4 Å². The van der Waals surface area contributed by atoms with Crippen LogP contribution in [0.2, 0.25) is 0 Å². The molecule has 4 aromatic rings. The lowest BCUT2D eigenvalue weighted by molar-refractivity contribution is -0.147. The number of hydrogen-bond donors (Lipinski definition) is 2. The number of benzene rings is 1. The minimum atomic E-state index is -4.19. The second kappa shape index (κ2) is 7.40. The summed E-state index contributed by atoms with van der Waals surface area (Å²) >= 11 is 3.06. The van der Waals surface area contributed by atoms with Gasteiger partial charge in [0.2, 0.25) is 0 Å². The molecule has 6 nitrogen and oxygen atoms in total. The van der Waals surface area contributed by atoms with Crippen molar-refractivity contribution in [3.05, 3.63) is 35.1 Å². The molecule has 5 rings (SSSR count).